The first-order chi connectivity index (χ1) is 15.4. The SMILES string of the molecule is CN(CCCO)C(=O)c1c(N(C)C=O)nc(-c2ccccc2F)n1Cc1ccc(F)cc1. The number of benzene rings is 2. The van der Waals surface area contributed by atoms with Crippen LogP contribution >= 0.6 is 0 Å². The van der Waals surface area contributed by atoms with Crippen LogP contribution in [0, 0.1) is 11.6 Å². The number of imidazole rings is 1. The minimum atomic E-state index is -0.536. The molecule has 0 fully saturated rings. The fourth-order valence-corrected chi connectivity index (χ4v) is 3.31. The van der Waals surface area contributed by atoms with Crippen LogP contribution in [0.15, 0.2) is 48.5 Å². The van der Waals surface area contributed by atoms with Crippen molar-refractivity contribution in [1.29, 1.82) is 0 Å². The number of amides is 2. The number of halogens is 2. The number of hydrogen-bond acceptors (Lipinski definition) is 4. The Morgan fingerprint density at radius 3 is 2.44 bits per heavy atom. The number of nitrogens with zero attached hydrogens (tertiary/aromatic N) is 4. The highest BCUT2D eigenvalue weighted by molar-refractivity contribution is 6.00. The van der Waals surface area contributed by atoms with Gasteiger partial charge < -0.3 is 19.5 Å². The molecule has 0 aliphatic carbocycles. The van der Waals surface area contributed by atoms with E-state index in [1.165, 1.54) is 40.8 Å². The third-order valence-electron chi connectivity index (χ3n) is 5.01. The molecule has 0 aliphatic heterocycles. The van der Waals surface area contributed by atoms with Crippen molar-refractivity contribution in [2.24, 2.45) is 0 Å². The second-order valence-electron chi connectivity index (χ2n) is 7.32. The minimum Gasteiger partial charge on any atom is -0.396 e. The highest BCUT2D eigenvalue weighted by atomic mass is 19.1. The molecule has 0 bridgehead atoms. The molecule has 0 aliphatic rings. The number of rotatable bonds is 9. The van der Waals surface area contributed by atoms with Gasteiger partial charge in [0.15, 0.2) is 11.5 Å². The lowest BCUT2D eigenvalue weighted by atomic mass is 10.1. The summed E-state index contributed by atoms with van der Waals surface area (Å²) >= 11 is 0. The molecule has 0 radical (unpaired) electrons. The molecule has 1 N–H and O–H groups in total. The Labute approximate surface area is 184 Å². The lowest BCUT2D eigenvalue weighted by Crippen LogP contribution is -2.32. The van der Waals surface area contributed by atoms with Crippen molar-refractivity contribution in [2.75, 3.05) is 32.1 Å². The molecule has 0 saturated carbocycles. The lowest BCUT2D eigenvalue weighted by molar-refractivity contribution is -0.107. The number of anilines is 1. The van der Waals surface area contributed by atoms with Crippen molar-refractivity contribution >= 4 is 18.1 Å². The van der Waals surface area contributed by atoms with Gasteiger partial charge in [-0.25, -0.2) is 13.8 Å². The van der Waals surface area contributed by atoms with Crippen LogP contribution in [-0.4, -0.2) is 59.1 Å². The van der Waals surface area contributed by atoms with Crippen LogP contribution in [0.1, 0.15) is 22.5 Å². The zero-order chi connectivity index (χ0) is 23.3. The summed E-state index contributed by atoms with van der Waals surface area (Å²) in [5.41, 5.74) is 0.906. The third kappa shape index (κ3) is 4.83. The zero-order valence-electron chi connectivity index (χ0n) is 17.8. The maximum Gasteiger partial charge on any atom is 0.274 e. The molecule has 3 rings (SSSR count). The number of aliphatic hydroxyl groups excluding tert-OH is 1. The Kier molecular flexibility index (Phi) is 7.32. The molecule has 0 spiro atoms. The monoisotopic (exact) mass is 442 g/mol. The molecule has 1 heterocycles. The first kappa shape index (κ1) is 23.1. The van der Waals surface area contributed by atoms with Gasteiger partial charge in [0.05, 0.1) is 5.56 Å². The van der Waals surface area contributed by atoms with Crippen LogP contribution in [0.5, 0.6) is 0 Å². The second-order valence-corrected chi connectivity index (χ2v) is 7.32. The van der Waals surface area contributed by atoms with Crippen LogP contribution in [0.2, 0.25) is 0 Å². The highest BCUT2D eigenvalue weighted by Crippen LogP contribution is 2.31. The summed E-state index contributed by atoms with van der Waals surface area (Å²) < 4.78 is 29.6. The van der Waals surface area contributed by atoms with Crippen LogP contribution < -0.4 is 4.90 Å². The molecule has 2 amide bonds. The van der Waals surface area contributed by atoms with Crippen molar-refractivity contribution < 1.29 is 23.5 Å². The van der Waals surface area contributed by atoms with E-state index in [9.17, 15) is 18.4 Å². The summed E-state index contributed by atoms with van der Waals surface area (Å²) in [5.74, 6) is -1.16. The Morgan fingerprint density at radius 1 is 1.12 bits per heavy atom. The van der Waals surface area contributed by atoms with E-state index < -0.39 is 17.5 Å². The van der Waals surface area contributed by atoms with E-state index in [1.807, 2.05) is 0 Å². The number of aliphatic hydroxyl groups is 1. The minimum absolute atomic E-state index is 0.0706. The summed E-state index contributed by atoms with van der Waals surface area (Å²) in [6.07, 6.45) is 0.883. The van der Waals surface area contributed by atoms with Crippen molar-refractivity contribution in [1.82, 2.24) is 14.5 Å². The van der Waals surface area contributed by atoms with E-state index in [-0.39, 0.29) is 42.6 Å². The van der Waals surface area contributed by atoms with Crippen LogP contribution in [0.3, 0.4) is 0 Å². The van der Waals surface area contributed by atoms with Gasteiger partial charge in [0.25, 0.3) is 5.91 Å². The average molecular weight is 442 g/mol. The quantitative estimate of drug-likeness (QED) is 0.517. The first-order valence-electron chi connectivity index (χ1n) is 10.0. The van der Waals surface area contributed by atoms with E-state index >= 15 is 0 Å². The molecule has 1 aromatic heterocycles. The molecule has 0 unspecified atom stereocenters. The Bertz CT molecular complexity index is 1100. The molecule has 7 nitrogen and oxygen atoms in total. The zero-order valence-corrected chi connectivity index (χ0v) is 17.8. The molecule has 3 aromatic rings. The Balaban J connectivity index is 2.23. The second kappa shape index (κ2) is 10.1. The fourth-order valence-electron chi connectivity index (χ4n) is 3.31. The highest BCUT2D eigenvalue weighted by Gasteiger charge is 2.29. The summed E-state index contributed by atoms with van der Waals surface area (Å²) in [6, 6.07) is 11.7. The molecule has 2 aromatic carbocycles. The lowest BCUT2D eigenvalue weighted by Gasteiger charge is -2.20. The van der Waals surface area contributed by atoms with Crippen LogP contribution in [0.4, 0.5) is 14.6 Å². The summed E-state index contributed by atoms with van der Waals surface area (Å²) in [5, 5.41) is 9.12. The average Bonchev–Trinajstić information content (AvgIpc) is 3.16. The van der Waals surface area contributed by atoms with Gasteiger partial charge in [0.2, 0.25) is 6.41 Å². The maximum atomic E-state index is 14.7. The smallest absolute Gasteiger partial charge is 0.274 e. The van der Waals surface area contributed by atoms with Gasteiger partial charge in [-0.3, -0.25) is 9.59 Å². The van der Waals surface area contributed by atoms with Crippen molar-refractivity contribution in [3.05, 3.63) is 71.4 Å². The number of aromatic nitrogens is 2. The third-order valence-corrected chi connectivity index (χ3v) is 5.01. The van der Waals surface area contributed by atoms with Gasteiger partial charge in [-0.1, -0.05) is 24.3 Å². The van der Waals surface area contributed by atoms with Crippen molar-refractivity contribution in [3.8, 4) is 11.4 Å². The Morgan fingerprint density at radius 2 is 1.81 bits per heavy atom. The van der Waals surface area contributed by atoms with E-state index in [2.05, 4.69) is 4.98 Å². The number of hydrogen-bond donors (Lipinski definition) is 1. The summed E-state index contributed by atoms with van der Waals surface area (Å²) in [7, 11) is 3.02. The standard InChI is InChI=1S/C23H24F2N4O3/c1-27(12-5-13-30)23(32)20-22(28(2)15-31)26-21(18-6-3-4-7-19(18)25)29(20)14-16-8-10-17(24)11-9-16/h3-4,6-11,15,30H,5,12-14H2,1-2H3. The van der Waals surface area contributed by atoms with Gasteiger partial charge >= 0.3 is 0 Å². The molecule has 9 heteroatoms. The largest absolute Gasteiger partial charge is 0.396 e. The Hall–Kier alpha value is -3.59. The summed E-state index contributed by atoms with van der Waals surface area (Å²) in [6.45, 7) is 0.281. The normalized spacial score (nSPS) is 10.8. The first-order valence-corrected chi connectivity index (χ1v) is 10.0. The van der Waals surface area contributed by atoms with Gasteiger partial charge in [-0.15, -0.1) is 0 Å². The van der Waals surface area contributed by atoms with Gasteiger partial charge in [-0.05, 0) is 36.2 Å². The van der Waals surface area contributed by atoms with Crippen molar-refractivity contribution in [2.45, 2.75) is 13.0 Å². The van der Waals surface area contributed by atoms with Gasteiger partial charge in [0, 0.05) is 33.8 Å². The van der Waals surface area contributed by atoms with E-state index in [4.69, 9.17) is 5.11 Å². The van der Waals surface area contributed by atoms with E-state index in [1.54, 1.807) is 31.3 Å². The maximum absolute atomic E-state index is 14.7. The molecular weight excluding hydrogens is 418 g/mol. The van der Waals surface area contributed by atoms with Crippen LogP contribution in [0.25, 0.3) is 11.4 Å². The predicted octanol–water partition coefficient (Wildman–Crippen LogP) is 2.92. The van der Waals surface area contributed by atoms with Crippen molar-refractivity contribution in [3.63, 3.8) is 0 Å². The molecule has 32 heavy (non-hydrogen) atoms. The van der Waals surface area contributed by atoms with Crippen LogP contribution in [-0.2, 0) is 11.3 Å². The predicted molar refractivity (Wildman–Crippen MR) is 116 cm³/mol. The molecular formula is C23H24F2N4O3. The van der Waals surface area contributed by atoms with E-state index in [0.717, 1.165) is 4.90 Å². The molecule has 0 saturated heterocycles. The number of carbonyl (C=O) groups excluding carboxylic acids is 2. The summed E-state index contributed by atoms with van der Waals surface area (Å²) in [4.78, 5) is 31.9. The molecule has 168 valence electrons. The molecule has 0 atom stereocenters. The topological polar surface area (TPSA) is 78.7 Å². The van der Waals surface area contributed by atoms with Gasteiger partial charge in [0.1, 0.15) is 17.5 Å². The van der Waals surface area contributed by atoms with E-state index in [0.29, 0.717) is 18.4 Å². The fraction of sp³-hybridized carbons (Fsp3) is 0.261. The van der Waals surface area contributed by atoms with Gasteiger partial charge in [-0.2, -0.15) is 0 Å². The number of carbonyl (C=O) groups is 2.